The van der Waals surface area contributed by atoms with Crippen LogP contribution in [0.4, 0.5) is 0 Å². The number of hydrogen-bond acceptors (Lipinski definition) is 3. The first-order chi connectivity index (χ1) is 10.1. The van der Waals surface area contributed by atoms with E-state index in [2.05, 4.69) is 0 Å². The number of thioether (sulfide) groups is 1. The molecule has 0 aliphatic carbocycles. The normalized spacial score (nSPS) is 11.9. The molecule has 0 fully saturated rings. The fraction of sp³-hybridized carbons (Fsp3) is 0.235. The largest absolute Gasteiger partial charge is 0.461 e. The predicted octanol–water partition coefficient (Wildman–Crippen LogP) is 4.81. The van der Waals surface area contributed by atoms with Crippen LogP contribution in [-0.2, 0) is 16.1 Å². The smallest absolute Gasteiger partial charge is 0.309 e. The zero-order valence-corrected chi connectivity index (χ0v) is 13.4. The summed E-state index contributed by atoms with van der Waals surface area (Å²) in [7, 11) is 0. The molecule has 2 aromatic rings. The molecule has 0 spiro atoms. The number of hydrogen-bond donors (Lipinski definition) is 0. The van der Waals surface area contributed by atoms with Gasteiger partial charge < -0.3 is 4.74 Å². The summed E-state index contributed by atoms with van der Waals surface area (Å²) in [5.74, 6) is 0.347. The summed E-state index contributed by atoms with van der Waals surface area (Å²) in [5.41, 5.74) is 1.00. The fourth-order valence-corrected chi connectivity index (χ4v) is 2.94. The first-order valence-electron chi connectivity index (χ1n) is 6.74. The molecule has 0 aliphatic rings. The summed E-state index contributed by atoms with van der Waals surface area (Å²) >= 11 is 7.54. The minimum Gasteiger partial charge on any atom is -0.461 e. The second-order valence-corrected chi connectivity index (χ2v) is 6.29. The van der Waals surface area contributed by atoms with Crippen molar-refractivity contribution in [2.45, 2.75) is 18.4 Å². The average molecular weight is 321 g/mol. The van der Waals surface area contributed by atoms with E-state index >= 15 is 0 Å². The SMILES string of the molecule is CC(CSc1cccc(Cl)c1)C(=O)OCc1ccccc1. The van der Waals surface area contributed by atoms with Gasteiger partial charge in [-0.2, -0.15) is 0 Å². The molecule has 0 heterocycles. The highest BCUT2D eigenvalue weighted by Gasteiger charge is 2.15. The summed E-state index contributed by atoms with van der Waals surface area (Å²) in [5, 5.41) is 0.708. The molecule has 21 heavy (non-hydrogen) atoms. The van der Waals surface area contributed by atoms with Gasteiger partial charge in [0.2, 0.25) is 0 Å². The van der Waals surface area contributed by atoms with Crippen molar-refractivity contribution in [1.29, 1.82) is 0 Å². The fourth-order valence-electron chi connectivity index (χ4n) is 1.72. The van der Waals surface area contributed by atoms with Crippen molar-refractivity contribution in [2.24, 2.45) is 5.92 Å². The van der Waals surface area contributed by atoms with E-state index in [1.165, 1.54) is 0 Å². The molecule has 110 valence electrons. The van der Waals surface area contributed by atoms with Gasteiger partial charge >= 0.3 is 5.97 Å². The second-order valence-electron chi connectivity index (χ2n) is 4.76. The van der Waals surface area contributed by atoms with Crippen LogP contribution in [0.25, 0.3) is 0 Å². The third-order valence-electron chi connectivity index (χ3n) is 2.92. The third-order valence-corrected chi connectivity index (χ3v) is 4.41. The lowest BCUT2D eigenvalue weighted by Gasteiger charge is -2.11. The molecular formula is C17H17ClO2S. The topological polar surface area (TPSA) is 26.3 Å². The van der Waals surface area contributed by atoms with E-state index in [4.69, 9.17) is 16.3 Å². The molecule has 0 saturated heterocycles. The van der Waals surface area contributed by atoms with Crippen molar-refractivity contribution in [1.82, 2.24) is 0 Å². The van der Waals surface area contributed by atoms with Crippen LogP contribution in [-0.4, -0.2) is 11.7 Å². The van der Waals surface area contributed by atoms with Gasteiger partial charge in [-0.3, -0.25) is 4.79 Å². The Kier molecular flexibility index (Phi) is 6.15. The Bertz CT molecular complexity index is 586. The summed E-state index contributed by atoms with van der Waals surface area (Å²) in [4.78, 5) is 13.0. The van der Waals surface area contributed by atoms with Gasteiger partial charge in [0.1, 0.15) is 6.61 Å². The summed E-state index contributed by atoms with van der Waals surface area (Å²) in [6, 6.07) is 17.3. The minimum atomic E-state index is -0.173. The quantitative estimate of drug-likeness (QED) is 0.564. The molecule has 0 aromatic heterocycles. The first kappa shape index (κ1) is 15.9. The number of ether oxygens (including phenoxy) is 1. The molecule has 0 amide bonds. The minimum absolute atomic E-state index is 0.155. The number of esters is 1. The van der Waals surface area contributed by atoms with Gasteiger partial charge in [0.05, 0.1) is 5.92 Å². The van der Waals surface area contributed by atoms with Gasteiger partial charge in [-0.25, -0.2) is 0 Å². The van der Waals surface area contributed by atoms with Crippen LogP contribution in [0.2, 0.25) is 5.02 Å². The van der Waals surface area contributed by atoms with Crippen LogP contribution in [0.5, 0.6) is 0 Å². The summed E-state index contributed by atoms with van der Waals surface area (Å²) < 4.78 is 5.32. The molecule has 1 unspecified atom stereocenters. The molecule has 2 rings (SSSR count). The van der Waals surface area contributed by atoms with Crippen LogP contribution in [0, 0.1) is 5.92 Å². The molecule has 0 aliphatic heterocycles. The Morgan fingerprint density at radius 2 is 1.95 bits per heavy atom. The molecule has 0 N–H and O–H groups in total. The molecule has 0 bridgehead atoms. The maximum atomic E-state index is 11.9. The van der Waals surface area contributed by atoms with E-state index in [1.54, 1.807) is 11.8 Å². The van der Waals surface area contributed by atoms with Crippen LogP contribution in [0.3, 0.4) is 0 Å². The zero-order chi connectivity index (χ0) is 15.1. The maximum absolute atomic E-state index is 11.9. The number of carbonyl (C=O) groups excluding carboxylic acids is 1. The van der Waals surface area contributed by atoms with Crippen molar-refractivity contribution >= 4 is 29.3 Å². The van der Waals surface area contributed by atoms with Gasteiger partial charge in [0, 0.05) is 15.7 Å². The second kappa shape index (κ2) is 8.11. The van der Waals surface area contributed by atoms with Crippen molar-refractivity contribution in [3.05, 3.63) is 65.2 Å². The van der Waals surface area contributed by atoms with Gasteiger partial charge in [-0.05, 0) is 23.8 Å². The van der Waals surface area contributed by atoms with Crippen molar-refractivity contribution in [3.8, 4) is 0 Å². The van der Waals surface area contributed by atoms with E-state index in [0.29, 0.717) is 17.4 Å². The summed E-state index contributed by atoms with van der Waals surface area (Å²) in [6.07, 6.45) is 0. The standard InChI is InChI=1S/C17H17ClO2S/c1-13(12-21-16-9-5-8-15(18)10-16)17(19)20-11-14-6-3-2-4-7-14/h2-10,13H,11-12H2,1H3. The Hall–Kier alpha value is -1.45. The van der Waals surface area contributed by atoms with Crippen LogP contribution in [0.15, 0.2) is 59.5 Å². The lowest BCUT2D eigenvalue weighted by atomic mass is 10.2. The zero-order valence-electron chi connectivity index (χ0n) is 11.8. The molecule has 0 saturated carbocycles. The van der Waals surface area contributed by atoms with Crippen LogP contribution in [0.1, 0.15) is 12.5 Å². The van der Waals surface area contributed by atoms with Crippen LogP contribution < -0.4 is 0 Å². The van der Waals surface area contributed by atoms with E-state index in [0.717, 1.165) is 10.5 Å². The molecule has 0 radical (unpaired) electrons. The van der Waals surface area contributed by atoms with Crippen molar-refractivity contribution < 1.29 is 9.53 Å². The lowest BCUT2D eigenvalue weighted by molar-refractivity contribution is -0.148. The number of benzene rings is 2. The van der Waals surface area contributed by atoms with Crippen LogP contribution >= 0.6 is 23.4 Å². The highest BCUT2D eigenvalue weighted by atomic mass is 35.5. The maximum Gasteiger partial charge on any atom is 0.309 e. The molecule has 2 nitrogen and oxygen atoms in total. The first-order valence-corrected chi connectivity index (χ1v) is 8.10. The molecule has 4 heteroatoms. The molecule has 2 aromatic carbocycles. The van der Waals surface area contributed by atoms with Crippen molar-refractivity contribution in [3.63, 3.8) is 0 Å². The Morgan fingerprint density at radius 1 is 1.19 bits per heavy atom. The van der Waals surface area contributed by atoms with Crippen molar-refractivity contribution in [2.75, 3.05) is 5.75 Å². The highest BCUT2D eigenvalue weighted by Crippen LogP contribution is 2.24. The Morgan fingerprint density at radius 3 is 2.67 bits per heavy atom. The van der Waals surface area contributed by atoms with E-state index < -0.39 is 0 Å². The monoisotopic (exact) mass is 320 g/mol. The van der Waals surface area contributed by atoms with Gasteiger partial charge in [0.15, 0.2) is 0 Å². The summed E-state index contributed by atoms with van der Waals surface area (Å²) in [6.45, 7) is 2.21. The molecular weight excluding hydrogens is 304 g/mol. The van der Waals surface area contributed by atoms with E-state index in [-0.39, 0.29) is 11.9 Å². The van der Waals surface area contributed by atoms with E-state index in [1.807, 2.05) is 61.5 Å². The highest BCUT2D eigenvalue weighted by molar-refractivity contribution is 7.99. The number of carbonyl (C=O) groups is 1. The Labute approximate surface area is 134 Å². The Balaban J connectivity index is 1.77. The van der Waals surface area contributed by atoms with Gasteiger partial charge in [0.25, 0.3) is 0 Å². The van der Waals surface area contributed by atoms with E-state index in [9.17, 15) is 4.79 Å². The number of halogens is 1. The number of rotatable bonds is 6. The average Bonchev–Trinajstić information content (AvgIpc) is 2.51. The van der Waals surface area contributed by atoms with Gasteiger partial charge in [-0.15, -0.1) is 11.8 Å². The lowest BCUT2D eigenvalue weighted by Crippen LogP contribution is -2.16. The molecule has 1 atom stereocenters. The van der Waals surface area contributed by atoms with Gasteiger partial charge in [-0.1, -0.05) is 54.9 Å². The predicted molar refractivity (Wildman–Crippen MR) is 87.6 cm³/mol. The third kappa shape index (κ3) is 5.44.